The number of aromatic nitrogens is 2. The maximum absolute atomic E-state index is 12.2. The van der Waals surface area contributed by atoms with Gasteiger partial charge in [0.1, 0.15) is 5.75 Å². The highest BCUT2D eigenvalue weighted by Crippen LogP contribution is 2.20. The molecule has 1 heterocycles. The van der Waals surface area contributed by atoms with Crippen molar-refractivity contribution >= 4 is 5.97 Å². The Balaban J connectivity index is 1.78. The Morgan fingerprint density at radius 3 is 2.23 bits per heavy atom. The van der Waals surface area contributed by atoms with Crippen LogP contribution in [0.25, 0.3) is 11.4 Å². The minimum atomic E-state index is -0.293. The largest absolute Gasteiger partial charge is 0.426 e. The summed E-state index contributed by atoms with van der Waals surface area (Å²) in [5.41, 5.74) is 2.08. The van der Waals surface area contributed by atoms with Gasteiger partial charge in [0.05, 0.1) is 12.5 Å². The third-order valence-corrected chi connectivity index (χ3v) is 5.27. The van der Waals surface area contributed by atoms with Crippen molar-refractivity contribution < 1.29 is 14.3 Å². The van der Waals surface area contributed by atoms with Crippen LogP contribution in [0.15, 0.2) is 36.7 Å². The number of hydrogen-bond donors (Lipinski definition) is 0. The average molecular weight is 427 g/mol. The second-order valence-electron chi connectivity index (χ2n) is 8.21. The van der Waals surface area contributed by atoms with Crippen LogP contribution >= 0.6 is 0 Å². The molecule has 5 nitrogen and oxygen atoms in total. The predicted molar refractivity (Wildman–Crippen MR) is 125 cm³/mol. The molecule has 0 bridgehead atoms. The minimum absolute atomic E-state index is 0.278. The molecule has 0 aliphatic heterocycles. The molecule has 0 saturated heterocycles. The van der Waals surface area contributed by atoms with E-state index in [1.807, 2.05) is 31.5 Å². The van der Waals surface area contributed by atoms with Crippen molar-refractivity contribution in [2.24, 2.45) is 5.92 Å². The molecule has 1 aromatic carbocycles. The van der Waals surface area contributed by atoms with Crippen LogP contribution in [0, 0.1) is 5.92 Å². The van der Waals surface area contributed by atoms with Gasteiger partial charge in [-0.3, -0.25) is 4.79 Å². The predicted octanol–water partition coefficient (Wildman–Crippen LogP) is 6.40. The fraction of sp³-hybridized carbons (Fsp3) is 0.577. The van der Waals surface area contributed by atoms with E-state index in [4.69, 9.17) is 9.47 Å². The normalized spacial score (nSPS) is 12.0. The molecular weight excluding hydrogens is 388 g/mol. The number of nitrogens with zero attached hydrogens (tertiary/aromatic N) is 2. The maximum Gasteiger partial charge on any atom is 0.316 e. The molecule has 0 spiro atoms. The Hall–Kier alpha value is -2.27. The Morgan fingerprint density at radius 2 is 1.55 bits per heavy atom. The summed E-state index contributed by atoms with van der Waals surface area (Å²) in [6, 6.07) is 7.33. The van der Waals surface area contributed by atoms with E-state index in [0.29, 0.717) is 24.8 Å². The zero-order valence-electron chi connectivity index (χ0n) is 19.4. The standard InChI is InChI=1S/C26H38N2O3/c1-4-6-8-9-10-11-12-22-18-27-25(28-19-22)23-13-15-24(16-14-23)31-26(29)21(3)20-30-17-7-5-2/h13-16,18-19,21H,4-12,17,20H2,1-3H3. The quantitative estimate of drug-likeness (QED) is 0.187. The van der Waals surface area contributed by atoms with E-state index in [0.717, 1.165) is 24.8 Å². The highest BCUT2D eigenvalue weighted by Gasteiger charge is 2.15. The lowest BCUT2D eigenvalue weighted by Gasteiger charge is -2.12. The third-order valence-electron chi connectivity index (χ3n) is 5.27. The van der Waals surface area contributed by atoms with Crippen LogP contribution in [0.4, 0.5) is 0 Å². The minimum Gasteiger partial charge on any atom is -0.426 e. The van der Waals surface area contributed by atoms with E-state index >= 15 is 0 Å². The Bertz CT molecular complexity index is 744. The number of ether oxygens (including phenoxy) is 2. The first-order chi connectivity index (χ1) is 15.1. The number of esters is 1. The summed E-state index contributed by atoms with van der Waals surface area (Å²) in [6.07, 6.45) is 14.7. The molecular formula is C26H38N2O3. The SMILES string of the molecule is CCCCCCCCc1cnc(-c2ccc(OC(=O)C(C)COCCCC)cc2)nc1. The van der Waals surface area contributed by atoms with Gasteiger partial charge in [-0.05, 0) is 56.0 Å². The van der Waals surface area contributed by atoms with Gasteiger partial charge in [-0.25, -0.2) is 9.97 Å². The third kappa shape index (κ3) is 9.60. The van der Waals surface area contributed by atoms with Crippen LogP contribution in [0.3, 0.4) is 0 Å². The van der Waals surface area contributed by atoms with Crippen LogP contribution in [0.2, 0.25) is 0 Å². The summed E-state index contributed by atoms with van der Waals surface area (Å²) < 4.78 is 11.0. The summed E-state index contributed by atoms with van der Waals surface area (Å²) >= 11 is 0. The van der Waals surface area contributed by atoms with Crippen molar-refractivity contribution in [3.8, 4) is 17.1 Å². The zero-order valence-corrected chi connectivity index (χ0v) is 19.4. The molecule has 5 heteroatoms. The highest BCUT2D eigenvalue weighted by atomic mass is 16.5. The van der Waals surface area contributed by atoms with Gasteiger partial charge in [0.2, 0.25) is 0 Å². The maximum atomic E-state index is 12.2. The van der Waals surface area contributed by atoms with Crippen molar-refractivity contribution in [1.82, 2.24) is 9.97 Å². The molecule has 2 rings (SSSR count). The lowest BCUT2D eigenvalue weighted by molar-refractivity contribution is -0.140. The number of hydrogen-bond acceptors (Lipinski definition) is 5. The van der Waals surface area contributed by atoms with Crippen LogP contribution in [-0.4, -0.2) is 29.2 Å². The second kappa shape index (κ2) is 14.7. The van der Waals surface area contributed by atoms with Crippen LogP contribution < -0.4 is 4.74 Å². The Kier molecular flexibility index (Phi) is 11.8. The number of carbonyl (C=O) groups is 1. The van der Waals surface area contributed by atoms with Gasteiger partial charge in [-0.1, -0.05) is 52.4 Å². The molecule has 0 aliphatic carbocycles. The molecule has 0 amide bonds. The fourth-order valence-electron chi connectivity index (χ4n) is 3.21. The highest BCUT2D eigenvalue weighted by molar-refractivity contribution is 5.75. The summed E-state index contributed by atoms with van der Waals surface area (Å²) in [6.45, 7) is 7.24. The average Bonchev–Trinajstić information content (AvgIpc) is 2.80. The molecule has 31 heavy (non-hydrogen) atoms. The summed E-state index contributed by atoms with van der Waals surface area (Å²) in [7, 11) is 0. The molecule has 0 N–H and O–H groups in total. The van der Waals surface area contributed by atoms with Gasteiger partial charge in [0, 0.05) is 24.6 Å². The zero-order chi connectivity index (χ0) is 22.3. The molecule has 0 saturated carbocycles. The van der Waals surface area contributed by atoms with E-state index in [1.54, 1.807) is 12.1 Å². The number of rotatable bonds is 15. The molecule has 1 atom stereocenters. The van der Waals surface area contributed by atoms with Crippen molar-refractivity contribution in [3.05, 3.63) is 42.2 Å². The van der Waals surface area contributed by atoms with E-state index in [9.17, 15) is 4.79 Å². The first-order valence-electron chi connectivity index (χ1n) is 11.8. The van der Waals surface area contributed by atoms with Gasteiger partial charge in [0.25, 0.3) is 0 Å². The molecule has 2 aromatic rings. The number of carbonyl (C=O) groups excluding carboxylic acids is 1. The Morgan fingerprint density at radius 1 is 0.903 bits per heavy atom. The first-order valence-corrected chi connectivity index (χ1v) is 11.8. The smallest absolute Gasteiger partial charge is 0.316 e. The molecule has 0 fully saturated rings. The van der Waals surface area contributed by atoms with Crippen molar-refractivity contribution in [1.29, 1.82) is 0 Å². The van der Waals surface area contributed by atoms with Gasteiger partial charge in [0.15, 0.2) is 5.82 Å². The van der Waals surface area contributed by atoms with Crippen molar-refractivity contribution in [3.63, 3.8) is 0 Å². The number of unbranched alkanes of at least 4 members (excludes halogenated alkanes) is 6. The monoisotopic (exact) mass is 426 g/mol. The molecule has 170 valence electrons. The van der Waals surface area contributed by atoms with Gasteiger partial charge < -0.3 is 9.47 Å². The topological polar surface area (TPSA) is 61.3 Å². The second-order valence-corrected chi connectivity index (χ2v) is 8.21. The van der Waals surface area contributed by atoms with Crippen LogP contribution in [0.1, 0.15) is 77.7 Å². The number of benzene rings is 1. The van der Waals surface area contributed by atoms with Crippen LogP contribution in [0.5, 0.6) is 5.75 Å². The van der Waals surface area contributed by atoms with E-state index in [-0.39, 0.29) is 11.9 Å². The van der Waals surface area contributed by atoms with Crippen LogP contribution in [-0.2, 0) is 16.0 Å². The summed E-state index contributed by atoms with van der Waals surface area (Å²) in [5.74, 6) is 0.634. The van der Waals surface area contributed by atoms with Gasteiger partial charge in [-0.15, -0.1) is 0 Å². The van der Waals surface area contributed by atoms with E-state index < -0.39 is 0 Å². The van der Waals surface area contributed by atoms with Gasteiger partial charge in [-0.2, -0.15) is 0 Å². The number of aryl methyl sites for hydroxylation is 1. The molecule has 1 unspecified atom stereocenters. The summed E-state index contributed by atoms with van der Waals surface area (Å²) in [5, 5.41) is 0. The van der Waals surface area contributed by atoms with Crippen molar-refractivity contribution in [2.75, 3.05) is 13.2 Å². The lowest BCUT2D eigenvalue weighted by atomic mass is 10.1. The Labute approximate surface area is 187 Å². The molecule has 0 aliphatic rings. The molecule has 0 radical (unpaired) electrons. The van der Waals surface area contributed by atoms with Gasteiger partial charge >= 0.3 is 5.97 Å². The van der Waals surface area contributed by atoms with E-state index in [1.165, 1.54) is 44.1 Å². The van der Waals surface area contributed by atoms with Crippen molar-refractivity contribution in [2.45, 2.75) is 78.6 Å². The fourth-order valence-corrected chi connectivity index (χ4v) is 3.21. The van der Waals surface area contributed by atoms with E-state index in [2.05, 4.69) is 23.8 Å². The first kappa shape index (κ1) is 25.0. The molecule has 1 aromatic heterocycles. The summed E-state index contributed by atoms with van der Waals surface area (Å²) in [4.78, 5) is 21.2. The lowest BCUT2D eigenvalue weighted by Crippen LogP contribution is -2.22.